The molecule has 0 aromatic heterocycles. The predicted molar refractivity (Wildman–Crippen MR) is 70.9 cm³/mol. The van der Waals surface area contributed by atoms with E-state index in [-0.39, 0.29) is 29.3 Å². The smallest absolute Gasteiger partial charge is 0.309 e. The van der Waals surface area contributed by atoms with Gasteiger partial charge in [0.1, 0.15) is 11.8 Å². The van der Waals surface area contributed by atoms with E-state index < -0.39 is 0 Å². The van der Waals surface area contributed by atoms with Crippen LogP contribution in [0.4, 0.5) is 0 Å². The molecule has 1 aliphatic heterocycles. The highest BCUT2D eigenvalue weighted by Gasteiger charge is 2.52. The van der Waals surface area contributed by atoms with Gasteiger partial charge in [-0.15, -0.1) is 0 Å². The molecule has 0 aromatic carbocycles. The van der Waals surface area contributed by atoms with Gasteiger partial charge in [-0.1, -0.05) is 25.1 Å². The second-order valence-corrected chi connectivity index (χ2v) is 6.12. The van der Waals surface area contributed by atoms with Gasteiger partial charge in [0.2, 0.25) is 0 Å². The Hall–Kier alpha value is -1.58. The number of oxime groups is 1. The second-order valence-electron chi connectivity index (χ2n) is 6.12. The number of ether oxygens (including phenoxy) is 1. The monoisotopic (exact) mass is 261 g/mol. The van der Waals surface area contributed by atoms with E-state index >= 15 is 0 Å². The molecule has 19 heavy (non-hydrogen) atoms. The zero-order valence-electron chi connectivity index (χ0n) is 11.5. The average molecular weight is 261 g/mol. The van der Waals surface area contributed by atoms with E-state index in [1.807, 2.05) is 19.9 Å². The molecule has 1 saturated heterocycles. The Balaban J connectivity index is 2.11. The molecule has 4 heteroatoms. The standard InChI is InChI=1S/C15H19NO3/c1-8-10-4-6-15(3)7-5-11(16-18)9(2)12(15)13(10)19-14(8)17/h5,7-8,10,13,18H,4,6H2,1-3H3/b16-11+/t8-,10-,13-,15+/m0/s1. The molecular formula is C15H19NO3. The van der Waals surface area contributed by atoms with Gasteiger partial charge in [0.15, 0.2) is 0 Å². The lowest BCUT2D eigenvalue weighted by Gasteiger charge is -2.43. The van der Waals surface area contributed by atoms with Crippen LogP contribution in [-0.4, -0.2) is 23.0 Å². The lowest BCUT2D eigenvalue weighted by molar-refractivity contribution is -0.143. The van der Waals surface area contributed by atoms with Gasteiger partial charge in [0, 0.05) is 11.3 Å². The predicted octanol–water partition coefficient (Wildman–Crippen LogP) is 2.68. The third kappa shape index (κ3) is 1.58. The van der Waals surface area contributed by atoms with Crippen LogP contribution in [-0.2, 0) is 9.53 Å². The van der Waals surface area contributed by atoms with E-state index in [4.69, 9.17) is 9.94 Å². The third-order valence-corrected chi connectivity index (χ3v) is 5.05. The molecule has 4 nitrogen and oxygen atoms in total. The van der Waals surface area contributed by atoms with Gasteiger partial charge in [-0.2, -0.15) is 0 Å². The normalized spacial score (nSPS) is 43.2. The van der Waals surface area contributed by atoms with E-state index in [1.165, 1.54) is 0 Å². The Morgan fingerprint density at radius 1 is 1.53 bits per heavy atom. The summed E-state index contributed by atoms with van der Waals surface area (Å²) in [6, 6.07) is 0. The lowest BCUT2D eigenvalue weighted by Crippen LogP contribution is -2.39. The largest absolute Gasteiger partial charge is 0.457 e. The summed E-state index contributed by atoms with van der Waals surface area (Å²) in [5.74, 6) is 0.129. The Bertz CT molecular complexity index is 532. The van der Waals surface area contributed by atoms with Crippen molar-refractivity contribution >= 4 is 11.7 Å². The van der Waals surface area contributed by atoms with Gasteiger partial charge in [0.05, 0.1) is 5.92 Å². The minimum Gasteiger partial charge on any atom is -0.457 e. The summed E-state index contributed by atoms with van der Waals surface area (Å²) in [7, 11) is 0. The minimum atomic E-state index is -0.150. The van der Waals surface area contributed by atoms with Crippen LogP contribution in [0.15, 0.2) is 28.5 Å². The minimum absolute atomic E-state index is 0.0322. The summed E-state index contributed by atoms with van der Waals surface area (Å²) in [6.07, 6.45) is 5.80. The van der Waals surface area contributed by atoms with Crippen LogP contribution < -0.4 is 0 Å². The molecule has 2 fully saturated rings. The molecule has 3 rings (SSSR count). The summed E-state index contributed by atoms with van der Waals surface area (Å²) in [6.45, 7) is 6.07. The lowest BCUT2D eigenvalue weighted by atomic mass is 9.61. The van der Waals surface area contributed by atoms with Gasteiger partial charge in [-0.05, 0) is 37.0 Å². The molecule has 0 radical (unpaired) electrons. The van der Waals surface area contributed by atoms with Crippen molar-refractivity contribution in [2.24, 2.45) is 22.4 Å². The number of carbonyl (C=O) groups excluding carboxylic acids is 1. The third-order valence-electron chi connectivity index (χ3n) is 5.05. The number of carbonyl (C=O) groups is 1. The van der Waals surface area contributed by atoms with Crippen molar-refractivity contribution in [1.29, 1.82) is 0 Å². The molecule has 4 atom stereocenters. The van der Waals surface area contributed by atoms with Crippen molar-refractivity contribution in [2.75, 3.05) is 0 Å². The number of hydrogen-bond acceptors (Lipinski definition) is 4. The highest BCUT2D eigenvalue weighted by atomic mass is 16.6. The van der Waals surface area contributed by atoms with E-state index in [0.717, 1.165) is 24.0 Å². The number of nitrogens with zero attached hydrogens (tertiary/aromatic N) is 1. The van der Waals surface area contributed by atoms with Crippen molar-refractivity contribution < 1.29 is 14.7 Å². The van der Waals surface area contributed by atoms with Crippen LogP contribution in [0, 0.1) is 17.3 Å². The van der Waals surface area contributed by atoms with Gasteiger partial charge < -0.3 is 9.94 Å². The van der Waals surface area contributed by atoms with Crippen molar-refractivity contribution in [2.45, 2.75) is 39.7 Å². The first-order valence-corrected chi connectivity index (χ1v) is 6.81. The van der Waals surface area contributed by atoms with Crippen molar-refractivity contribution in [1.82, 2.24) is 0 Å². The Labute approximate surface area is 112 Å². The molecule has 0 amide bonds. The molecule has 0 unspecified atom stereocenters. The average Bonchev–Trinajstić information content (AvgIpc) is 2.65. The quantitative estimate of drug-likeness (QED) is 0.414. The number of allylic oxidation sites excluding steroid dienone is 3. The van der Waals surface area contributed by atoms with Crippen LogP contribution in [0.2, 0.25) is 0 Å². The maximum atomic E-state index is 11.8. The fourth-order valence-corrected chi connectivity index (χ4v) is 3.81. The van der Waals surface area contributed by atoms with Gasteiger partial charge in [-0.3, -0.25) is 4.79 Å². The molecule has 102 valence electrons. The van der Waals surface area contributed by atoms with Gasteiger partial charge in [-0.25, -0.2) is 0 Å². The van der Waals surface area contributed by atoms with Crippen LogP contribution in [0.1, 0.15) is 33.6 Å². The Kier molecular flexibility index (Phi) is 2.59. The molecule has 1 N–H and O–H groups in total. The van der Waals surface area contributed by atoms with E-state index in [9.17, 15) is 4.79 Å². The van der Waals surface area contributed by atoms with Crippen molar-refractivity contribution in [3.8, 4) is 0 Å². The Morgan fingerprint density at radius 2 is 2.26 bits per heavy atom. The molecule has 2 aliphatic carbocycles. The molecule has 1 heterocycles. The highest BCUT2D eigenvalue weighted by Crippen LogP contribution is 2.53. The summed E-state index contributed by atoms with van der Waals surface area (Å²) in [5, 5.41) is 12.4. The van der Waals surface area contributed by atoms with Crippen molar-refractivity contribution in [3.05, 3.63) is 23.3 Å². The number of hydrogen-bond donors (Lipinski definition) is 1. The van der Waals surface area contributed by atoms with Gasteiger partial charge >= 0.3 is 5.97 Å². The molecule has 0 spiro atoms. The summed E-state index contributed by atoms with van der Waals surface area (Å²) in [4.78, 5) is 11.8. The first kappa shape index (κ1) is 12.5. The number of esters is 1. The second kappa shape index (κ2) is 3.95. The maximum Gasteiger partial charge on any atom is 0.309 e. The number of fused-ring (bicyclic) bond motifs is 3. The number of rotatable bonds is 0. The molecular weight excluding hydrogens is 242 g/mol. The summed E-state index contributed by atoms with van der Waals surface area (Å²) in [5.41, 5.74) is 2.56. The fraction of sp³-hybridized carbons (Fsp3) is 0.600. The van der Waals surface area contributed by atoms with Crippen LogP contribution in [0.25, 0.3) is 0 Å². The topological polar surface area (TPSA) is 58.9 Å². The van der Waals surface area contributed by atoms with Crippen LogP contribution in [0.3, 0.4) is 0 Å². The first-order chi connectivity index (χ1) is 8.98. The zero-order chi connectivity index (χ0) is 13.8. The maximum absolute atomic E-state index is 11.8. The first-order valence-electron chi connectivity index (χ1n) is 6.81. The molecule has 3 aliphatic rings. The van der Waals surface area contributed by atoms with Gasteiger partial charge in [0.25, 0.3) is 0 Å². The zero-order valence-corrected chi connectivity index (χ0v) is 11.5. The highest BCUT2D eigenvalue weighted by molar-refractivity contribution is 6.09. The van der Waals surface area contributed by atoms with E-state index in [1.54, 1.807) is 0 Å². The molecule has 1 saturated carbocycles. The summed E-state index contributed by atoms with van der Waals surface area (Å²) >= 11 is 0. The summed E-state index contributed by atoms with van der Waals surface area (Å²) < 4.78 is 5.61. The molecule has 0 aromatic rings. The fourth-order valence-electron chi connectivity index (χ4n) is 3.81. The molecule has 0 bridgehead atoms. The Morgan fingerprint density at radius 3 is 2.95 bits per heavy atom. The SMILES string of the molecule is CC1=C2[C@H]3OC(=O)[C@@H](C)[C@@H]3CC[C@]2(C)C=C/C1=N\O. The van der Waals surface area contributed by atoms with Crippen LogP contribution in [0.5, 0.6) is 0 Å². The van der Waals surface area contributed by atoms with E-state index in [2.05, 4.69) is 18.2 Å². The van der Waals surface area contributed by atoms with Crippen molar-refractivity contribution in [3.63, 3.8) is 0 Å². The van der Waals surface area contributed by atoms with Crippen LogP contribution >= 0.6 is 0 Å². The van der Waals surface area contributed by atoms with E-state index in [0.29, 0.717) is 5.71 Å².